The van der Waals surface area contributed by atoms with Crippen molar-refractivity contribution in [3.8, 4) is 5.75 Å². The molecular weight excluding hydrogens is 270 g/mol. The number of fused-ring (bicyclic) bond motifs is 1. The molecule has 2 aromatic rings. The second kappa shape index (κ2) is 5.78. The molecule has 1 atom stereocenters. The Kier molecular flexibility index (Phi) is 3.68. The van der Waals surface area contributed by atoms with E-state index >= 15 is 0 Å². The zero-order valence-electron chi connectivity index (χ0n) is 11.6. The fourth-order valence-electron chi connectivity index (χ4n) is 2.29. The molecule has 108 valence electrons. The van der Waals surface area contributed by atoms with Crippen molar-refractivity contribution in [2.45, 2.75) is 12.5 Å². The summed E-state index contributed by atoms with van der Waals surface area (Å²) in [5.41, 5.74) is 1.29. The van der Waals surface area contributed by atoms with Gasteiger partial charge in [-0.25, -0.2) is 4.79 Å². The number of rotatable bonds is 3. The van der Waals surface area contributed by atoms with Crippen molar-refractivity contribution in [1.29, 1.82) is 0 Å². The summed E-state index contributed by atoms with van der Waals surface area (Å²) < 4.78 is 10.2. The third-order valence-corrected chi connectivity index (χ3v) is 3.34. The van der Waals surface area contributed by atoms with Gasteiger partial charge in [-0.05, 0) is 18.2 Å². The highest BCUT2D eigenvalue weighted by atomic mass is 16.5. The van der Waals surface area contributed by atoms with Gasteiger partial charge in [0.25, 0.3) is 0 Å². The number of aromatic nitrogens is 2. The van der Waals surface area contributed by atoms with E-state index in [1.54, 1.807) is 12.1 Å². The number of nitrogens with one attached hydrogen (secondary N) is 1. The number of anilines is 1. The predicted molar refractivity (Wildman–Crippen MR) is 76.3 cm³/mol. The molecule has 0 amide bonds. The van der Waals surface area contributed by atoms with Gasteiger partial charge in [0, 0.05) is 12.0 Å². The largest absolute Gasteiger partial charge is 0.493 e. The second-order valence-electron chi connectivity index (χ2n) is 4.67. The van der Waals surface area contributed by atoms with Gasteiger partial charge >= 0.3 is 5.97 Å². The Labute approximate surface area is 122 Å². The van der Waals surface area contributed by atoms with Gasteiger partial charge in [-0.2, -0.15) is 0 Å². The molecule has 1 aromatic heterocycles. The maximum atomic E-state index is 11.3. The summed E-state index contributed by atoms with van der Waals surface area (Å²) in [6.07, 6.45) is 0.845. The van der Waals surface area contributed by atoms with Crippen LogP contribution in [0.5, 0.6) is 5.75 Å². The summed E-state index contributed by atoms with van der Waals surface area (Å²) in [5, 5.41) is 11.2. The Hall–Kier alpha value is -2.63. The van der Waals surface area contributed by atoms with Gasteiger partial charge in [-0.15, -0.1) is 10.2 Å². The van der Waals surface area contributed by atoms with Crippen LogP contribution >= 0.6 is 0 Å². The molecule has 0 saturated carbocycles. The van der Waals surface area contributed by atoms with Crippen LogP contribution in [0.4, 0.5) is 5.82 Å². The molecule has 1 unspecified atom stereocenters. The molecule has 1 aliphatic heterocycles. The molecule has 0 spiro atoms. The zero-order valence-corrected chi connectivity index (χ0v) is 11.6. The highest BCUT2D eigenvalue weighted by Crippen LogP contribution is 2.33. The number of para-hydroxylation sites is 1. The molecule has 6 heteroatoms. The van der Waals surface area contributed by atoms with E-state index in [1.807, 2.05) is 24.3 Å². The van der Waals surface area contributed by atoms with Crippen molar-refractivity contribution in [2.75, 3.05) is 19.0 Å². The molecular formula is C15H15N3O3. The minimum Gasteiger partial charge on any atom is -0.493 e. The summed E-state index contributed by atoms with van der Waals surface area (Å²) in [6.45, 7) is 0.655. The van der Waals surface area contributed by atoms with Gasteiger partial charge in [0.1, 0.15) is 11.6 Å². The van der Waals surface area contributed by atoms with Gasteiger partial charge in [0.05, 0.1) is 19.8 Å². The molecule has 3 rings (SSSR count). The Bertz CT molecular complexity index is 643. The molecule has 0 saturated heterocycles. The highest BCUT2D eigenvalue weighted by Gasteiger charge is 2.21. The second-order valence-corrected chi connectivity index (χ2v) is 4.67. The highest BCUT2D eigenvalue weighted by molar-refractivity contribution is 5.86. The number of methoxy groups -OCH3 is 1. The first-order valence-electron chi connectivity index (χ1n) is 6.68. The summed E-state index contributed by atoms with van der Waals surface area (Å²) >= 11 is 0. The van der Waals surface area contributed by atoms with Crippen LogP contribution in [0.1, 0.15) is 28.5 Å². The lowest BCUT2D eigenvalue weighted by atomic mass is 10.0. The van der Waals surface area contributed by atoms with Crippen LogP contribution in [0.3, 0.4) is 0 Å². The van der Waals surface area contributed by atoms with Crippen LogP contribution in [-0.2, 0) is 4.74 Å². The third-order valence-electron chi connectivity index (χ3n) is 3.34. The van der Waals surface area contributed by atoms with E-state index in [2.05, 4.69) is 20.3 Å². The normalized spacial score (nSPS) is 16.5. The van der Waals surface area contributed by atoms with Gasteiger partial charge < -0.3 is 14.8 Å². The van der Waals surface area contributed by atoms with E-state index in [0.717, 1.165) is 17.7 Å². The van der Waals surface area contributed by atoms with Crippen molar-refractivity contribution in [1.82, 2.24) is 10.2 Å². The fraction of sp³-hybridized carbons (Fsp3) is 0.267. The average Bonchev–Trinajstić information content (AvgIpc) is 2.55. The van der Waals surface area contributed by atoms with Gasteiger partial charge in [0.2, 0.25) is 0 Å². The van der Waals surface area contributed by atoms with E-state index < -0.39 is 5.97 Å². The molecule has 6 nitrogen and oxygen atoms in total. The third kappa shape index (κ3) is 2.79. The molecule has 0 radical (unpaired) electrons. The molecule has 1 N–H and O–H groups in total. The van der Waals surface area contributed by atoms with Crippen LogP contribution in [0.15, 0.2) is 36.4 Å². The van der Waals surface area contributed by atoms with Crippen LogP contribution in [-0.4, -0.2) is 29.9 Å². The molecule has 2 heterocycles. The van der Waals surface area contributed by atoms with Crippen LogP contribution < -0.4 is 10.1 Å². The summed E-state index contributed by atoms with van der Waals surface area (Å²) in [5.74, 6) is 1.01. The summed E-state index contributed by atoms with van der Waals surface area (Å²) in [4.78, 5) is 11.3. The molecule has 1 aromatic carbocycles. The lowest BCUT2D eigenvalue weighted by Gasteiger charge is -2.26. The number of carbonyl (C=O) groups excluding carboxylic acids is 1. The van der Waals surface area contributed by atoms with Crippen molar-refractivity contribution in [3.63, 3.8) is 0 Å². The van der Waals surface area contributed by atoms with Gasteiger partial charge in [-0.3, -0.25) is 0 Å². The minimum absolute atomic E-state index is 0.119. The molecule has 0 fully saturated rings. The Morgan fingerprint density at radius 2 is 2.14 bits per heavy atom. The predicted octanol–water partition coefficient (Wildman–Crippen LogP) is 2.20. The Morgan fingerprint density at radius 3 is 2.90 bits per heavy atom. The standard InChI is InChI=1S/C15H15N3O3/c1-20-15(19)12-6-7-14(18-17-12)16-11-8-9-21-13-5-3-2-4-10(11)13/h2-7,11H,8-9H2,1H3,(H,16,18). The lowest BCUT2D eigenvalue weighted by Crippen LogP contribution is -2.21. The maximum Gasteiger partial charge on any atom is 0.358 e. The van der Waals surface area contributed by atoms with E-state index in [4.69, 9.17) is 4.74 Å². The van der Waals surface area contributed by atoms with Crippen molar-refractivity contribution in [3.05, 3.63) is 47.7 Å². The van der Waals surface area contributed by atoms with Crippen LogP contribution in [0.2, 0.25) is 0 Å². The van der Waals surface area contributed by atoms with Crippen molar-refractivity contribution in [2.24, 2.45) is 0 Å². The van der Waals surface area contributed by atoms with Crippen LogP contribution in [0, 0.1) is 0 Å². The van der Waals surface area contributed by atoms with E-state index in [-0.39, 0.29) is 11.7 Å². The number of ether oxygens (including phenoxy) is 2. The number of hydrogen-bond donors (Lipinski definition) is 1. The summed E-state index contributed by atoms with van der Waals surface area (Å²) in [6, 6.07) is 11.3. The summed E-state index contributed by atoms with van der Waals surface area (Å²) in [7, 11) is 1.31. The molecule has 0 bridgehead atoms. The monoisotopic (exact) mass is 285 g/mol. The topological polar surface area (TPSA) is 73.3 Å². The molecule has 1 aliphatic rings. The van der Waals surface area contributed by atoms with Crippen molar-refractivity contribution >= 4 is 11.8 Å². The van der Waals surface area contributed by atoms with E-state index in [9.17, 15) is 4.79 Å². The van der Waals surface area contributed by atoms with E-state index in [0.29, 0.717) is 12.4 Å². The van der Waals surface area contributed by atoms with Crippen LogP contribution in [0.25, 0.3) is 0 Å². The fourth-order valence-corrected chi connectivity index (χ4v) is 2.29. The van der Waals surface area contributed by atoms with E-state index in [1.165, 1.54) is 7.11 Å². The first kappa shape index (κ1) is 13.4. The van der Waals surface area contributed by atoms with Gasteiger partial charge in [-0.1, -0.05) is 18.2 Å². The average molecular weight is 285 g/mol. The first-order valence-corrected chi connectivity index (χ1v) is 6.68. The first-order chi connectivity index (χ1) is 10.3. The number of carbonyl (C=O) groups is 1. The quantitative estimate of drug-likeness (QED) is 0.871. The SMILES string of the molecule is COC(=O)c1ccc(NC2CCOc3ccccc32)nn1. The number of hydrogen-bond acceptors (Lipinski definition) is 6. The maximum absolute atomic E-state index is 11.3. The number of nitrogens with zero attached hydrogens (tertiary/aromatic N) is 2. The Morgan fingerprint density at radius 1 is 1.29 bits per heavy atom. The Balaban J connectivity index is 1.77. The zero-order chi connectivity index (χ0) is 14.7. The van der Waals surface area contributed by atoms with Gasteiger partial charge in [0.15, 0.2) is 5.69 Å². The minimum atomic E-state index is -0.495. The van der Waals surface area contributed by atoms with Crippen molar-refractivity contribution < 1.29 is 14.3 Å². The number of benzene rings is 1. The number of esters is 1. The lowest BCUT2D eigenvalue weighted by molar-refractivity contribution is 0.0593. The smallest absolute Gasteiger partial charge is 0.358 e. The molecule has 0 aliphatic carbocycles. The molecule has 21 heavy (non-hydrogen) atoms.